The summed E-state index contributed by atoms with van der Waals surface area (Å²) in [4.78, 5) is 3.24. The van der Waals surface area contributed by atoms with Gasteiger partial charge in [0, 0.05) is 24.8 Å². The van der Waals surface area contributed by atoms with Crippen molar-refractivity contribution in [1.29, 1.82) is 0 Å². The highest BCUT2D eigenvalue weighted by molar-refractivity contribution is 5.79. The minimum atomic E-state index is -0.506. The third-order valence-electron chi connectivity index (χ3n) is 4.47. The van der Waals surface area contributed by atoms with Crippen molar-refractivity contribution in [2.24, 2.45) is 5.92 Å². The van der Waals surface area contributed by atoms with Gasteiger partial charge < -0.3 is 15.4 Å². The van der Waals surface area contributed by atoms with E-state index < -0.39 is 5.60 Å². The van der Waals surface area contributed by atoms with Gasteiger partial charge in [0.25, 0.3) is 0 Å². The average Bonchev–Trinajstić information content (AvgIpc) is 2.85. The summed E-state index contributed by atoms with van der Waals surface area (Å²) in [7, 11) is 0. The van der Waals surface area contributed by atoms with E-state index in [0.29, 0.717) is 12.5 Å². The monoisotopic (exact) mass is 272 g/mol. The molecular weight excluding hydrogens is 248 g/mol. The van der Waals surface area contributed by atoms with Crippen LogP contribution in [0.25, 0.3) is 10.9 Å². The van der Waals surface area contributed by atoms with Crippen molar-refractivity contribution in [3.8, 4) is 0 Å². The molecule has 2 unspecified atom stereocenters. The molecule has 1 aliphatic rings. The first kappa shape index (κ1) is 13.7. The van der Waals surface area contributed by atoms with E-state index in [2.05, 4.69) is 41.5 Å². The molecule has 3 N–H and O–H groups in total. The van der Waals surface area contributed by atoms with Gasteiger partial charge in [0.15, 0.2) is 0 Å². The third-order valence-corrected chi connectivity index (χ3v) is 4.47. The number of fused-ring (bicyclic) bond motifs is 1. The first-order chi connectivity index (χ1) is 9.65. The fourth-order valence-electron chi connectivity index (χ4n) is 3.44. The Balaban J connectivity index is 1.56. The van der Waals surface area contributed by atoms with Crippen LogP contribution in [0.5, 0.6) is 0 Å². The number of benzene rings is 1. The van der Waals surface area contributed by atoms with Crippen molar-refractivity contribution in [3.63, 3.8) is 0 Å². The average molecular weight is 272 g/mol. The SMILES string of the molecule is CC1CCCC(O)(CNCc2ccc3cc[nH]c3c2)C1. The molecule has 3 nitrogen and oxygen atoms in total. The van der Waals surface area contributed by atoms with Gasteiger partial charge in [0.1, 0.15) is 0 Å². The molecule has 2 atom stereocenters. The number of aromatic amines is 1. The topological polar surface area (TPSA) is 48.0 Å². The number of aromatic nitrogens is 1. The van der Waals surface area contributed by atoms with E-state index in [1.807, 2.05) is 6.20 Å². The van der Waals surface area contributed by atoms with Crippen LogP contribution in [0.4, 0.5) is 0 Å². The largest absolute Gasteiger partial charge is 0.389 e. The summed E-state index contributed by atoms with van der Waals surface area (Å²) >= 11 is 0. The van der Waals surface area contributed by atoms with Crippen LogP contribution < -0.4 is 5.32 Å². The second-order valence-corrected chi connectivity index (χ2v) is 6.43. The van der Waals surface area contributed by atoms with Crippen LogP contribution in [-0.4, -0.2) is 22.2 Å². The van der Waals surface area contributed by atoms with Crippen molar-refractivity contribution in [2.75, 3.05) is 6.54 Å². The first-order valence-corrected chi connectivity index (χ1v) is 7.64. The van der Waals surface area contributed by atoms with Crippen molar-refractivity contribution in [2.45, 2.75) is 44.8 Å². The quantitative estimate of drug-likeness (QED) is 0.800. The zero-order valence-corrected chi connectivity index (χ0v) is 12.2. The molecule has 1 fully saturated rings. The Kier molecular flexibility index (Phi) is 3.81. The van der Waals surface area contributed by atoms with Crippen molar-refractivity contribution < 1.29 is 5.11 Å². The summed E-state index contributed by atoms with van der Waals surface area (Å²) in [6.07, 6.45) is 6.23. The van der Waals surface area contributed by atoms with Crippen molar-refractivity contribution in [1.82, 2.24) is 10.3 Å². The van der Waals surface area contributed by atoms with Gasteiger partial charge in [-0.25, -0.2) is 0 Å². The number of hydrogen-bond acceptors (Lipinski definition) is 2. The molecule has 0 bridgehead atoms. The first-order valence-electron chi connectivity index (χ1n) is 7.64. The molecule has 0 amide bonds. The highest BCUT2D eigenvalue weighted by Gasteiger charge is 2.31. The fourth-order valence-corrected chi connectivity index (χ4v) is 3.44. The number of rotatable bonds is 4. The van der Waals surface area contributed by atoms with Gasteiger partial charge in [0.2, 0.25) is 0 Å². The van der Waals surface area contributed by atoms with Gasteiger partial charge in [-0.2, -0.15) is 0 Å². The molecule has 1 aromatic carbocycles. The lowest BCUT2D eigenvalue weighted by Gasteiger charge is -2.35. The molecule has 0 saturated heterocycles. The van der Waals surface area contributed by atoms with E-state index in [1.165, 1.54) is 22.9 Å². The van der Waals surface area contributed by atoms with Crippen LogP contribution in [0.1, 0.15) is 38.2 Å². The van der Waals surface area contributed by atoms with Crippen molar-refractivity contribution in [3.05, 3.63) is 36.0 Å². The number of hydrogen-bond donors (Lipinski definition) is 3. The van der Waals surface area contributed by atoms with E-state index in [1.54, 1.807) is 0 Å². The second-order valence-electron chi connectivity index (χ2n) is 6.43. The maximum Gasteiger partial charge on any atom is 0.0774 e. The molecule has 3 heteroatoms. The van der Waals surface area contributed by atoms with E-state index >= 15 is 0 Å². The normalized spacial score (nSPS) is 27.0. The smallest absolute Gasteiger partial charge is 0.0774 e. The Morgan fingerprint density at radius 1 is 1.40 bits per heavy atom. The van der Waals surface area contributed by atoms with Crippen LogP contribution in [0.3, 0.4) is 0 Å². The summed E-state index contributed by atoms with van der Waals surface area (Å²) < 4.78 is 0. The van der Waals surface area contributed by atoms with E-state index in [9.17, 15) is 5.11 Å². The summed E-state index contributed by atoms with van der Waals surface area (Å²) in [5, 5.41) is 15.3. The van der Waals surface area contributed by atoms with Crippen LogP contribution >= 0.6 is 0 Å². The Bertz CT molecular complexity index is 577. The number of H-pyrrole nitrogens is 1. The molecule has 1 heterocycles. The summed E-state index contributed by atoms with van der Waals surface area (Å²) in [5.41, 5.74) is 1.93. The van der Waals surface area contributed by atoms with Crippen LogP contribution in [0, 0.1) is 5.92 Å². The van der Waals surface area contributed by atoms with Crippen LogP contribution in [0.2, 0.25) is 0 Å². The Morgan fingerprint density at radius 3 is 3.15 bits per heavy atom. The van der Waals surface area contributed by atoms with E-state index in [0.717, 1.165) is 25.8 Å². The lowest BCUT2D eigenvalue weighted by Crippen LogP contribution is -2.43. The predicted octanol–water partition coefficient (Wildman–Crippen LogP) is 3.20. The third kappa shape index (κ3) is 3.05. The zero-order chi connectivity index (χ0) is 14.0. The maximum atomic E-state index is 10.6. The van der Waals surface area contributed by atoms with Crippen molar-refractivity contribution >= 4 is 10.9 Å². The molecule has 0 aliphatic heterocycles. The van der Waals surface area contributed by atoms with Gasteiger partial charge in [0.05, 0.1) is 5.60 Å². The molecular formula is C17H24N2O. The fraction of sp³-hybridized carbons (Fsp3) is 0.529. The Hall–Kier alpha value is -1.32. The van der Waals surface area contributed by atoms with Crippen LogP contribution in [0.15, 0.2) is 30.5 Å². The molecule has 3 rings (SSSR count). The summed E-state index contributed by atoms with van der Waals surface area (Å²) in [6.45, 7) is 3.75. The number of aliphatic hydroxyl groups is 1. The standard InChI is InChI=1S/C17H24N2O/c1-13-3-2-7-17(20,10-13)12-18-11-14-4-5-15-6-8-19-16(15)9-14/h4-6,8-9,13,18-20H,2-3,7,10-12H2,1H3. The molecule has 0 radical (unpaired) electrons. The molecule has 1 aromatic heterocycles. The Labute approximate surface area is 120 Å². The molecule has 20 heavy (non-hydrogen) atoms. The molecule has 108 valence electrons. The molecule has 0 spiro atoms. The lowest BCUT2D eigenvalue weighted by atomic mass is 9.79. The minimum absolute atomic E-state index is 0.506. The van der Waals surface area contributed by atoms with Gasteiger partial charge in [-0.05, 0) is 41.8 Å². The highest BCUT2D eigenvalue weighted by atomic mass is 16.3. The van der Waals surface area contributed by atoms with Crippen LogP contribution in [-0.2, 0) is 6.54 Å². The highest BCUT2D eigenvalue weighted by Crippen LogP contribution is 2.31. The van der Waals surface area contributed by atoms with Gasteiger partial charge in [-0.15, -0.1) is 0 Å². The zero-order valence-electron chi connectivity index (χ0n) is 12.2. The van der Waals surface area contributed by atoms with E-state index in [4.69, 9.17) is 0 Å². The molecule has 1 aliphatic carbocycles. The lowest BCUT2D eigenvalue weighted by molar-refractivity contribution is -0.0119. The summed E-state index contributed by atoms with van der Waals surface area (Å²) in [5.74, 6) is 0.644. The second kappa shape index (κ2) is 5.58. The predicted molar refractivity (Wildman–Crippen MR) is 82.6 cm³/mol. The Morgan fingerprint density at radius 2 is 2.30 bits per heavy atom. The summed E-state index contributed by atoms with van der Waals surface area (Å²) in [6, 6.07) is 8.55. The molecule has 2 aromatic rings. The van der Waals surface area contributed by atoms with Gasteiger partial charge >= 0.3 is 0 Å². The molecule has 1 saturated carbocycles. The van der Waals surface area contributed by atoms with Gasteiger partial charge in [-0.3, -0.25) is 0 Å². The van der Waals surface area contributed by atoms with E-state index in [-0.39, 0.29) is 0 Å². The maximum absolute atomic E-state index is 10.6. The minimum Gasteiger partial charge on any atom is -0.389 e. The number of nitrogens with one attached hydrogen (secondary N) is 2. The van der Waals surface area contributed by atoms with Gasteiger partial charge in [-0.1, -0.05) is 31.9 Å².